The Morgan fingerprint density at radius 2 is 1.97 bits per heavy atom. The van der Waals surface area contributed by atoms with E-state index >= 15 is 0 Å². The zero-order valence-electron chi connectivity index (χ0n) is 18.5. The molecule has 2 aromatic heterocycles. The monoisotopic (exact) mass is 460 g/mol. The Hall–Kier alpha value is -3.03. The fourth-order valence-corrected chi connectivity index (χ4v) is 5.51. The van der Waals surface area contributed by atoms with Crippen molar-refractivity contribution in [2.75, 3.05) is 18.0 Å². The molecule has 0 amide bonds. The Morgan fingerprint density at radius 3 is 2.79 bits per heavy atom. The molecule has 3 aromatic rings. The Balaban J connectivity index is 1.16. The van der Waals surface area contributed by atoms with Crippen LogP contribution < -0.4 is 15.4 Å². The SMILES string of the molecule is Cc1nccc(OC2=NCc3nc(N4CCC5(CC4)Cc4ccccc4[C@H]5N)cnc32)c1Cl. The summed E-state index contributed by atoms with van der Waals surface area (Å²) in [4.78, 5) is 20.5. The molecule has 0 radical (unpaired) electrons. The molecular formula is C25H25ClN6O. The summed E-state index contributed by atoms with van der Waals surface area (Å²) in [6, 6.07) is 10.5. The van der Waals surface area contributed by atoms with Gasteiger partial charge in [-0.2, -0.15) is 0 Å². The van der Waals surface area contributed by atoms with Crippen LogP contribution >= 0.6 is 11.6 Å². The van der Waals surface area contributed by atoms with Gasteiger partial charge in [-0.15, -0.1) is 0 Å². The Morgan fingerprint density at radius 1 is 1.15 bits per heavy atom. The maximum atomic E-state index is 6.72. The minimum atomic E-state index is 0.110. The quantitative estimate of drug-likeness (QED) is 0.621. The summed E-state index contributed by atoms with van der Waals surface area (Å²) in [6.45, 7) is 4.13. The van der Waals surface area contributed by atoms with Gasteiger partial charge in [0, 0.05) is 31.4 Å². The molecule has 33 heavy (non-hydrogen) atoms. The number of piperidine rings is 1. The lowest BCUT2D eigenvalue weighted by atomic mass is 9.73. The van der Waals surface area contributed by atoms with E-state index in [2.05, 4.69) is 44.1 Å². The van der Waals surface area contributed by atoms with Crippen molar-refractivity contribution >= 4 is 23.3 Å². The van der Waals surface area contributed by atoms with Gasteiger partial charge in [0.1, 0.15) is 16.5 Å². The molecule has 1 atom stereocenters. The highest BCUT2D eigenvalue weighted by Gasteiger charge is 2.46. The third kappa shape index (κ3) is 3.38. The molecule has 1 aromatic carbocycles. The molecule has 0 unspecified atom stereocenters. The zero-order valence-corrected chi connectivity index (χ0v) is 19.2. The van der Waals surface area contributed by atoms with Gasteiger partial charge >= 0.3 is 0 Å². The highest BCUT2D eigenvalue weighted by atomic mass is 35.5. The summed E-state index contributed by atoms with van der Waals surface area (Å²) in [6.07, 6.45) is 6.65. The second-order valence-electron chi connectivity index (χ2n) is 9.16. The number of aryl methyl sites for hydroxylation is 1. The summed E-state index contributed by atoms with van der Waals surface area (Å²) in [5.74, 6) is 1.86. The number of rotatable bonds is 2. The van der Waals surface area contributed by atoms with Crippen LogP contribution in [0.1, 0.15) is 47.1 Å². The fourth-order valence-electron chi connectivity index (χ4n) is 5.35. The average Bonchev–Trinajstić information content (AvgIpc) is 3.36. The minimum Gasteiger partial charge on any atom is -0.435 e. The van der Waals surface area contributed by atoms with E-state index in [1.807, 2.05) is 13.1 Å². The molecule has 3 aliphatic rings. The molecule has 1 saturated heterocycles. The van der Waals surface area contributed by atoms with Gasteiger partial charge in [0.05, 0.1) is 24.1 Å². The lowest BCUT2D eigenvalue weighted by molar-refractivity contribution is 0.187. The second kappa shape index (κ2) is 7.78. The van der Waals surface area contributed by atoms with Crippen molar-refractivity contribution in [3.8, 4) is 5.75 Å². The maximum absolute atomic E-state index is 6.72. The van der Waals surface area contributed by atoms with Gasteiger partial charge in [-0.3, -0.25) is 4.98 Å². The molecule has 2 N–H and O–H groups in total. The highest BCUT2D eigenvalue weighted by Crippen LogP contribution is 2.50. The van der Waals surface area contributed by atoms with Crippen LogP contribution in [0.2, 0.25) is 5.02 Å². The van der Waals surface area contributed by atoms with Crippen molar-refractivity contribution in [2.45, 2.75) is 38.8 Å². The number of aromatic nitrogens is 3. The molecular weight excluding hydrogens is 436 g/mol. The zero-order chi connectivity index (χ0) is 22.6. The standard InChI is InChI=1S/C25H25ClN6O/c1-15-21(26)19(6-9-28-15)33-24-22-18(13-30-24)31-20(14-29-22)32-10-7-25(8-11-32)12-16-4-2-3-5-17(16)23(25)27/h2-6,9,14,23H,7-8,10-13,27H2,1H3/t23-/m1/s1. The Kier molecular flexibility index (Phi) is 4.85. The molecule has 1 spiro atoms. The number of ether oxygens (including phenoxy) is 1. The molecule has 2 aliphatic heterocycles. The van der Waals surface area contributed by atoms with Crippen molar-refractivity contribution in [2.24, 2.45) is 16.1 Å². The van der Waals surface area contributed by atoms with E-state index in [0.717, 1.165) is 43.9 Å². The average molecular weight is 461 g/mol. The predicted octanol–water partition coefficient (Wildman–Crippen LogP) is 4.02. The third-order valence-electron chi connectivity index (χ3n) is 7.32. The van der Waals surface area contributed by atoms with Crippen LogP contribution in [0, 0.1) is 12.3 Å². The van der Waals surface area contributed by atoms with E-state index in [9.17, 15) is 0 Å². The van der Waals surface area contributed by atoms with Gasteiger partial charge in [0.25, 0.3) is 0 Å². The van der Waals surface area contributed by atoms with Crippen LogP contribution in [-0.4, -0.2) is 33.9 Å². The topological polar surface area (TPSA) is 89.5 Å². The van der Waals surface area contributed by atoms with Crippen LogP contribution in [-0.2, 0) is 13.0 Å². The van der Waals surface area contributed by atoms with Crippen LogP contribution in [0.4, 0.5) is 5.82 Å². The first-order valence-electron chi connectivity index (χ1n) is 11.3. The lowest BCUT2D eigenvalue weighted by Crippen LogP contribution is -2.44. The second-order valence-corrected chi connectivity index (χ2v) is 9.54. The Bertz CT molecular complexity index is 1270. The highest BCUT2D eigenvalue weighted by molar-refractivity contribution is 6.32. The van der Waals surface area contributed by atoms with E-state index < -0.39 is 0 Å². The molecule has 0 bridgehead atoms. The predicted molar refractivity (Wildman–Crippen MR) is 128 cm³/mol. The first-order valence-corrected chi connectivity index (χ1v) is 11.7. The molecule has 7 nitrogen and oxygen atoms in total. The van der Waals surface area contributed by atoms with E-state index in [0.29, 0.717) is 34.6 Å². The first kappa shape index (κ1) is 20.6. The summed E-state index contributed by atoms with van der Waals surface area (Å²) >= 11 is 6.32. The molecule has 8 heteroatoms. The number of anilines is 1. The molecule has 168 valence electrons. The van der Waals surface area contributed by atoms with Crippen molar-refractivity contribution in [3.05, 3.63) is 76.0 Å². The largest absolute Gasteiger partial charge is 0.435 e. The fraction of sp³-hybridized carbons (Fsp3) is 0.360. The summed E-state index contributed by atoms with van der Waals surface area (Å²) in [7, 11) is 0. The van der Waals surface area contributed by atoms with Crippen molar-refractivity contribution < 1.29 is 4.74 Å². The molecule has 1 fully saturated rings. The van der Waals surface area contributed by atoms with Crippen LogP contribution in [0.5, 0.6) is 5.75 Å². The van der Waals surface area contributed by atoms with Gasteiger partial charge in [0.15, 0.2) is 5.75 Å². The molecule has 1 aliphatic carbocycles. The van der Waals surface area contributed by atoms with E-state index in [1.54, 1.807) is 12.3 Å². The number of hydrogen-bond donors (Lipinski definition) is 1. The van der Waals surface area contributed by atoms with Crippen LogP contribution in [0.3, 0.4) is 0 Å². The van der Waals surface area contributed by atoms with Crippen LogP contribution in [0.15, 0.2) is 47.7 Å². The third-order valence-corrected chi connectivity index (χ3v) is 7.78. The van der Waals surface area contributed by atoms with Crippen LogP contribution in [0.25, 0.3) is 0 Å². The number of pyridine rings is 1. The number of fused-ring (bicyclic) bond motifs is 2. The maximum Gasteiger partial charge on any atom is 0.243 e. The van der Waals surface area contributed by atoms with E-state index in [-0.39, 0.29) is 11.5 Å². The molecule has 0 saturated carbocycles. The van der Waals surface area contributed by atoms with Crippen molar-refractivity contribution in [3.63, 3.8) is 0 Å². The van der Waals surface area contributed by atoms with E-state index in [1.165, 1.54) is 11.1 Å². The summed E-state index contributed by atoms with van der Waals surface area (Å²) < 4.78 is 5.95. The molecule has 4 heterocycles. The number of aliphatic imine (C=N–C) groups is 1. The number of nitrogens with zero attached hydrogens (tertiary/aromatic N) is 5. The number of halogens is 1. The lowest BCUT2D eigenvalue weighted by Gasteiger charge is -2.42. The number of benzene rings is 1. The molecule has 6 rings (SSSR count). The first-order chi connectivity index (χ1) is 16.0. The van der Waals surface area contributed by atoms with Gasteiger partial charge < -0.3 is 15.4 Å². The van der Waals surface area contributed by atoms with Gasteiger partial charge in [0.2, 0.25) is 5.90 Å². The normalized spacial score (nSPS) is 20.5. The smallest absolute Gasteiger partial charge is 0.243 e. The summed E-state index contributed by atoms with van der Waals surface area (Å²) in [5, 5.41) is 0.479. The minimum absolute atomic E-state index is 0.110. The van der Waals surface area contributed by atoms with E-state index in [4.69, 9.17) is 27.1 Å². The van der Waals surface area contributed by atoms with Gasteiger partial charge in [-0.25, -0.2) is 15.0 Å². The number of hydrogen-bond acceptors (Lipinski definition) is 7. The van der Waals surface area contributed by atoms with Crippen molar-refractivity contribution in [1.29, 1.82) is 0 Å². The van der Waals surface area contributed by atoms with Gasteiger partial charge in [-0.05, 0) is 42.7 Å². The number of nitrogens with two attached hydrogens (primary N) is 1. The van der Waals surface area contributed by atoms with Crippen molar-refractivity contribution in [1.82, 2.24) is 15.0 Å². The Labute approximate surface area is 197 Å². The summed E-state index contributed by atoms with van der Waals surface area (Å²) in [5.41, 5.74) is 11.8. The van der Waals surface area contributed by atoms with Gasteiger partial charge in [-0.1, -0.05) is 35.9 Å².